The molecule has 26 heavy (non-hydrogen) atoms. The van der Waals surface area contributed by atoms with E-state index in [0.29, 0.717) is 18.6 Å². The maximum absolute atomic E-state index is 13.3. The van der Waals surface area contributed by atoms with E-state index in [2.05, 4.69) is 6.08 Å². The lowest BCUT2D eigenvalue weighted by atomic mass is 9.49. The second-order valence-electron chi connectivity index (χ2n) is 7.84. The number of carbonyl (C=O) groups is 2. The SMILES string of the molecule is CC(C)=CC[C@]12C(=O)C=CC(=O)[C@@]13CC(C)=C[C@H]2c1cc(O)ccc1O3. The Bertz CT molecular complexity index is 916. The Morgan fingerprint density at radius 2 is 2.00 bits per heavy atom. The van der Waals surface area contributed by atoms with Gasteiger partial charge in [0.05, 0.1) is 5.41 Å². The molecule has 1 aromatic rings. The minimum Gasteiger partial charge on any atom is -0.508 e. The first-order chi connectivity index (χ1) is 12.3. The van der Waals surface area contributed by atoms with Crippen LogP contribution in [-0.2, 0) is 9.59 Å². The molecule has 3 aliphatic rings. The predicted octanol–water partition coefficient (Wildman–Crippen LogP) is 4.01. The van der Waals surface area contributed by atoms with Gasteiger partial charge in [-0.05, 0) is 57.5 Å². The van der Waals surface area contributed by atoms with E-state index in [4.69, 9.17) is 4.74 Å². The third kappa shape index (κ3) is 2.02. The smallest absolute Gasteiger partial charge is 0.200 e. The summed E-state index contributed by atoms with van der Waals surface area (Å²) in [7, 11) is 0. The summed E-state index contributed by atoms with van der Waals surface area (Å²) >= 11 is 0. The highest BCUT2D eigenvalue weighted by atomic mass is 16.5. The summed E-state index contributed by atoms with van der Waals surface area (Å²) in [6, 6.07) is 4.89. The predicted molar refractivity (Wildman–Crippen MR) is 98.2 cm³/mol. The van der Waals surface area contributed by atoms with Crippen molar-refractivity contribution in [2.24, 2.45) is 5.41 Å². The molecule has 1 aliphatic heterocycles. The standard InChI is InChI=1S/C22H22O4/c1-13(2)8-9-21-17-10-14(3)12-22(21,20(25)7-6-19(21)24)26-18-5-4-15(23)11-16(17)18/h4-8,10-11,17,23H,9,12H2,1-3H3/t17-,21-,22-/m0/s1. The molecule has 3 atom stereocenters. The van der Waals surface area contributed by atoms with Gasteiger partial charge in [0.15, 0.2) is 11.4 Å². The molecule has 0 aromatic heterocycles. The fourth-order valence-corrected chi connectivity index (χ4v) is 4.73. The average molecular weight is 350 g/mol. The zero-order valence-corrected chi connectivity index (χ0v) is 15.2. The number of hydrogen-bond donors (Lipinski definition) is 1. The lowest BCUT2D eigenvalue weighted by Gasteiger charge is -2.57. The number of hydrogen-bond acceptors (Lipinski definition) is 4. The lowest BCUT2D eigenvalue weighted by Crippen LogP contribution is -2.68. The topological polar surface area (TPSA) is 63.6 Å². The Hall–Kier alpha value is -2.62. The lowest BCUT2D eigenvalue weighted by molar-refractivity contribution is -0.162. The Labute approximate surface area is 152 Å². The van der Waals surface area contributed by atoms with Gasteiger partial charge in [-0.15, -0.1) is 0 Å². The number of fused-ring (bicyclic) bond motifs is 2. The van der Waals surface area contributed by atoms with Crippen molar-refractivity contribution in [1.29, 1.82) is 0 Å². The van der Waals surface area contributed by atoms with Crippen molar-refractivity contribution in [2.75, 3.05) is 0 Å². The van der Waals surface area contributed by atoms with Gasteiger partial charge in [-0.2, -0.15) is 0 Å². The Morgan fingerprint density at radius 3 is 2.73 bits per heavy atom. The van der Waals surface area contributed by atoms with E-state index >= 15 is 0 Å². The van der Waals surface area contributed by atoms with Crippen LogP contribution in [0.5, 0.6) is 11.5 Å². The van der Waals surface area contributed by atoms with Gasteiger partial charge in [0.25, 0.3) is 0 Å². The molecule has 0 fully saturated rings. The third-order valence-electron chi connectivity index (χ3n) is 5.90. The van der Waals surface area contributed by atoms with E-state index in [1.807, 2.05) is 26.8 Å². The van der Waals surface area contributed by atoms with Crippen molar-refractivity contribution in [3.63, 3.8) is 0 Å². The molecule has 0 unspecified atom stereocenters. The number of carbonyl (C=O) groups excluding carboxylic acids is 2. The normalized spacial score (nSPS) is 31.5. The van der Waals surface area contributed by atoms with Gasteiger partial charge in [0, 0.05) is 17.9 Å². The average Bonchev–Trinajstić information content (AvgIpc) is 2.57. The number of allylic oxidation sites excluding steroid dienone is 4. The Kier molecular flexibility index (Phi) is 3.52. The minimum atomic E-state index is -1.22. The zero-order valence-electron chi connectivity index (χ0n) is 15.2. The van der Waals surface area contributed by atoms with Crippen molar-refractivity contribution in [3.8, 4) is 11.5 Å². The summed E-state index contributed by atoms with van der Waals surface area (Å²) in [5.41, 5.74) is 0.630. The van der Waals surface area contributed by atoms with Crippen molar-refractivity contribution >= 4 is 11.6 Å². The summed E-state index contributed by atoms with van der Waals surface area (Å²) in [5.74, 6) is 0.136. The number of phenolic OH excluding ortho intramolecular Hbond substituents is 1. The molecule has 1 heterocycles. The van der Waals surface area contributed by atoms with Crippen molar-refractivity contribution in [3.05, 3.63) is 59.2 Å². The van der Waals surface area contributed by atoms with Crippen molar-refractivity contribution in [2.45, 2.75) is 45.1 Å². The summed E-state index contributed by atoms with van der Waals surface area (Å²) in [5, 5.41) is 10.0. The van der Waals surface area contributed by atoms with Crippen LogP contribution in [0.2, 0.25) is 0 Å². The molecule has 2 bridgehead atoms. The molecule has 134 valence electrons. The van der Waals surface area contributed by atoms with E-state index in [1.54, 1.807) is 18.2 Å². The highest BCUT2D eigenvalue weighted by Gasteiger charge is 2.69. The zero-order chi connectivity index (χ0) is 18.7. The summed E-state index contributed by atoms with van der Waals surface area (Å²) in [6.07, 6.45) is 7.67. The highest BCUT2D eigenvalue weighted by molar-refractivity contribution is 6.14. The van der Waals surface area contributed by atoms with Crippen LogP contribution in [0.15, 0.2) is 53.6 Å². The second-order valence-corrected chi connectivity index (χ2v) is 7.84. The van der Waals surface area contributed by atoms with Crippen LogP contribution in [-0.4, -0.2) is 22.3 Å². The maximum atomic E-state index is 13.3. The number of ether oxygens (including phenoxy) is 1. The van der Waals surface area contributed by atoms with E-state index < -0.39 is 11.0 Å². The number of aromatic hydroxyl groups is 1. The molecule has 4 nitrogen and oxygen atoms in total. The first-order valence-electron chi connectivity index (χ1n) is 8.90. The van der Waals surface area contributed by atoms with Crippen molar-refractivity contribution < 1.29 is 19.4 Å². The molecular formula is C22H22O4. The Balaban J connectivity index is 2.06. The van der Waals surface area contributed by atoms with E-state index in [-0.39, 0.29) is 23.2 Å². The van der Waals surface area contributed by atoms with Crippen LogP contribution in [0.3, 0.4) is 0 Å². The quantitative estimate of drug-likeness (QED) is 0.819. The fraction of sp³-hybridized carbons (Fsp3) is 0.364. The molecule has 0 amide bonds. The minimum absolute atomic E-state index is 0.0858. The van der Waals surface area contributed by atoms with Gasteiger partial charge < -0.3 is 9.84 Å². The molecule has 4 rings (SSSR count). The summed E-state index contributed by atoms with van der Waals surface area (Å²) in [4.78, 5) is 26.4. The van der Waals surface area contributed by atoms with Crippen LogP contribution < -0.4 is 4.74 Å². The summed E-state index contributed by atoms with van der Waals surface area (Å²) < 4.78 is 6.34. The van der Waals surface area contributed by atoms with Crippen molar-refractivity contribution in [1.82, 2.24) is 0 Å². The first kappa shape index (κ1) is 16.8. The van der Waals surface area contributed by atoms with Crippen LogP contribution in [0.1, 0.15) is 45.1 Å². The van der Waals surface area contributed by atoms with Crippen LogP contribution in [0.4, 0.5) is 0 Å². The summed E-state index contributed by atoms with van der Waals surface area (Å²) in [6.45, 7) is 5.93. The fourth-order valence-electron chi connectivity index (χ4n) is 4.73. The van der Waals surface area contributed by atoms with E-state index in [9.17, 15) is 14.7 Å². The molecule has 2 aliphatic carbocycles. The molecule has 0 spiro atoms. The van der Waals surface area contributed by atoms with Gasteiger partial charge >= 0.3 is 0 Å². The third-order valence-corrected chi connectivity index (χ3v) is 5.90. The molecule has 1 N–H and O–H groups in total. The number of phenols is 1. The van der Waals surface area contributed by atoms with Crippen LogP contribution in [0.25, 0.3) is 0 Å². The Morgan fingerprint density at radius 1 is 1.27 bits per heavy atom. The van der Waals surface area contributed by atoms with E-state index in [1.165, 1.54) is 12.2 Å². The molecule has 0 saturated carbocycles. The number of ketones is 2. The highest BCUT2D eigenvalue weighted by Crippen LogP contribution is 2.63. The molecule has 0 saturated heterocycles. The van der Waals surface area contributed by atoms with Crippen LogP contribution in [0, 0.1) is 5.41 Å². The van der Waals surface area contributed by atoms with Gasteiger partial charge in [0.1, 0.15) is 11.5 Å². The van der Waals surface area contributed by atoms with Gasteiger partial charge in [-0.25, -0.2) is 0 Å². The van der Waals surface area contributed by atoms with Gasteiger partial charge in [-0.3, -0.25) is 9.59 Å². The monoisotopic (exact) mass is 350 g/mol. The second kappa shape index (κ2) is 5.44. The van der Waals surface area contributed by atoms with Crippen LogP contribution >= 0.6 is 0 Å². The van der Waals surface area contributed by atoms with E-state index in [0.717, 1.165) is 16.7 Å². The van der Waals surface area contributed by atoms with Gasteiger partial charge in [-0.1, -0.05) is 23.3 Å². The molecular weight excluding hydrogens is 328 g/mol. The van der Waals surface area contributed by atoms with Gasteiger partial charge in [0.2, 0.25) is 5.78 Å². The maximum Gasteiger partial charge on any atom is 0.200 e. The molecule has 4 heteroatoms. The molecule has 1 aromatic carbocycles. The first-order valence-corrected chi connectivity index (χ1v) is 8.90. The number of benzene rings is 1. The number of rotatable bonds is 2. The largest absolute Gasteiger partial charge is 0.508 e. The molecule has 0 radical (unpaired) electrons.